The van der Waals surface area contributed by atoms with E-state index in [1.54, 1.807) is 0 Å². The van der Waals surface area contributed by atoms with E-state index in [-0.39, 0.29) is 11.9 Å². The van der Waals surface area contributed by atoms with Crippen LogP contribution in [-0.4, -0.2) is 28.0 Å². The molecule has 1 saturated heterocycles. The van der Waals surface area contributed by atoms with Gasteiger partial charge >= 0.3 is 0 Å². The van der Waals surface area contributed by atoms with Gasteiger partial charge in [0.15, 0.2) is 5.78 Å². The molecule has 1 aliphatic heterocycles. The molecule has 150 valence electrons. The molecule has 0 radical (unpaired) electrons. The largest absolute Gasteiger partial charge is 0.376 e. The van der Waals surface area contributed by atoms with Gasteiger partial charge in [0.25, 0.3) is 0 Å². The molecule has 1 aliphatic rings. The number of imidazole rings is 1. The van der Waals surface area contributed by atoms with Crippen LogP contribution in [0.25, 0.3) is 16.6 Å². The molecule has 5 nitrogen and oxygen atoms in total. The number of benzene rings is 1. The normalized spacial score (nSPS) is 18.6. The molecule has 5 heteroatoms. The molecule has 2 aromatic rings. The van der Waals surface area contributed by atoms with Crippen LogP contribution in [0, 0.1) is 0 Å². The number of ether oxygens (including phenoxy) is 1. The second-order valence-electron chi connectivity index (χ2n) is 7.41. The summed E-state index contributed by atoms with van der Waals surface area (Å²) in [5, 5.41) is 0. The number of nitrogens with two attached hydrogens (primary N) is 1. The maximum atomic E-state index is 12.1. The molecule has 0 amide bonds. The number of aromatic nitrogens is 2. The first kappa shape index (κ1) is 20.5. The molecule has 1 aromatic carbocycles. The van der Waals surface area contributed by atoms with E-state index < -0.39 is 0 Å². The SMILES string of the molecule is C/C=C(\C=C(\C)C(=O)CC)c1nc2ccc(CN)cc2n1CC1CCCCO1. The van der Waals surface area contributed by atoms with Crippen molar-refractivity contribution in [1.82, 2.24) is 9.55 Å². The van der Waals surface area contributed by atoms with E-state index in [2.05, 4.69) is 10.6 Å². The fraction of sp³-hybridized carbons (Fsp3) is 0.478. The Morgan fingerprint density at radius 1 is 1.39 bits per heavy atom. The Labute approximate surface area is 167 Å². The van der Waals surface area contributed by atoms with Gasteiger partial charge in [-0.3, -0.25) is 4.79 Å². The Kier molecular flexibility index (Phi) is 6.81. The smallest absolute Gasteiger partial charge is 0.158 e. The number of Topliss-reactive ketones (excluding diaryl/α,β-unsaturated/α-hetero) is 1. The summed E-state index contributed by atoms with van der Waals surface area (Å²) >= 11 is 0. The second-order valence-corrected chi connectivity index (χ2v) is 7.41. The van der Waals surface area contributed by atoms with E-state index in [4.69, 9.17) is 15.5 Å². The van der Waals surface area contributed by atoms with E-state index in [1.807, 2.05) is 45.1 Å². The molecule has 0 spiro atoms. The second kappa shape index (κ2) is 9.30. The molecule has 1 unspecified atom stereocenters. The molecule has 0 bridgehead atoms. The Hall–Kier alpha value is -2.24. The van der Waals surface area contributed by atoms with E-state index >= 15 is 0 Å². The Morgan fingerprint density at radius 2 is 2.21 bits per heavy atom. The Morgan fingerprint density at radius 3 is 2.86 bits per heavy atom. The summed E-state index contributed by atoms with van der Waals surface area (Å²) in [6.07, 6.45) is 8.06. The number of carbonyl (C=O) groups excluding carboxylic acids is 1. The number of rotatable bonds is 7. The van der Waals surface area contributed by atoms with Crippen molar-refractivity contribution < 1.29 is 9.53 Å². The molecule has 2 N–H and O–H groups in total. The van der Waals surface area contributed by atoms with E-state index in [1.165, 1.54) is 6.42 Å². The molecule has 1 fully saturated rings. The quantitative estimate of drug-likeness (QED) is 0.570. The van der Waals surface area contributed by atoms with Crippen molar-refractivity contribution in [3.63, 3.8) is 0 Å². The van der Waals surface area contributed by atoms with Crippen LogP contribution in [0.4, 0.5) is 0 Å². The number of allylic oxidation sites excluding steroid dienone is 4. The van der Waals surface area contributed by atoms with Gasteiger partial charge in [-0.1, -0.05) is 19.1 Å². The minimum Gasteiger partial charge on any atom is -0.376 e. The van der Waals surface area contributed by atoms with Crippen molar-refractivity contribution in [2.45, 2.75) is 65.6 Å². The molecule has 0 saturated carbocycles. The van der Waals surface area contributed by atoms with Gasteiger partial charge < -0.3 is 15.0 Å². The standard InChI is InChI=1S/C23H31N3O2/c1-4-18(12-16(3)22(27)5-2)23-25-20-10-9-17(14-24)13-21(20)26(23)15-19-8-6-7-11-28-19/h4,9-10,12-13,19H,5-8,11,14-15,24H2,1-3H3/b16-12-,18-4+. The molecular formula is C23H31N3O2. The van der Waals surface area contributed by atoms with Crippen LogP contribution in [0.3, 0.4) is 0 Å². The van der Waals surface area contributed by atoms with Crippen molar-refractivity contribution in [1.29, 1.82) is 0 Å². The zero-order chi connectivity index (χ0) is 20.1. The van der Waals surface area contributed by atoms with Crippen LogP contribution in [0.1, 0.15) is 57.8 Å². The molecule has 2 heterocycles. The predicted molar refractivity (Wildman–Crippen MR) is 114 cm³/mol. The minimum absolute atomic E-state index is 0.156. The molecule has 28 heavy (non-hydrogen) atoms. The molecule has 1 aromatic heterocycles. The van der Waals surface area contributed by atoms with Crippen LogP contribution in [0.5, 0.6) is 0 Å². The van der Waals surface area contributed by atoms with E-state index in [9.17, 15) is 4.79 Å². The maximum absolute atomic E-state index is 12.1. The third kappa shape index (κ3) is 4.42. The summed E-state index contributed by atoms with van der Waals surface area (Å²) in [6.45, 7) is 7.82. The first-order valence-corrected chi connectivity index (χ1v) is 10.3. The zero-order valence-corrected chi connectivity index (χ0v) is 17.2. The van der Waals surface area contributed by atoms with Gasteiger partial charge in [0.2, 0.25) is 0 Å². The first-order chi connectivity index (χ1) is 13.6. The topological polar surface area (TPSA) is 70.1 Å². The lowest BCUT2D eigenvalue weighted by molar-refractivity contribution is -0.115. The molecule has 0 aliphatic carbocycles. The Balaban J connectivity index is 2.08. The van der Waals surface area contributed by atoms with E-state index in [0.29, 0.717) is 13.0 Å². The highest BCUT2D eigenvalue weighted by molar-refractivity contribution is 5.97. The van der Waals surface area contributed by atoms with Gasteiger partial charge in [-0.15, -0.1) is 0 Å². The van der Waals surface area contributed by atoms with Gasteiger partial charge in [0, 0.05) is 25.1 Å². The number of fused-ring (bicyclic) bond motifs is 1. The zero-order valence-electron chi connectivity index (χ0n) is 17.2. The molecular weight excluding hydrogens is 350 g/mol. The average Bonchev–Trinajstić information content (AvgIpc) is 3.09. The van der Waals surface area contributed by atoms with Crippen LogP contribution in [0.2, 0.25) is 0 Å². The van der Waals surface area contributed by atoms with Gasteiger partial charge in [0.1, 0.15) is 5.82 Å². The van der Waals surface area contributed by atoms with Crippen LogP contribution < -0.4 is 5.73 Å². The van der Waals surface area contributed by atoms with Crippen LogP contribution in [-0.2, 0) is 22.6 Å². The number of hydrogen-bond donors (Lipinski definition) is 1. The monoisotopic (exact) mass is 381 g/mol. The minimum atomic E-state index is 0.156. The van der Waals surface area contributed by atoms with Gasteiger partial charge in [0.05, 0.1) is 23.7 Å². The van der Waals surface area contributed by atoms with Crippen LogP contribution in [0.15, 0.2) is 35.9 Å². The van der Waals surface area contributed by atoms with Crippen molar-refractivity contribution in [2.24, 2.45) is 5.73 Å². The maximum Gasteiger partial charge on any atom is 0.158 e. The third-order valence-corrected chi connectivity index (χ3v) is 5.41. The average molecular weight is 382 g/mol. The number of carbonyl (C=O) groups is 1. The van der Waals surface area contributed by atoms with Crippen molar-refractivity contribution >= 4 is 22.4 Å². The summed E-state index contributed by atoms with van der Waals surface area (Å²) in [6, 6.07) is 6.17. The number of hydrogen-bond acceptors (Lipinski definition) is 4. The fourth-order valence-electron chi connectivity index (χ4n) is 3.73. The first-order valence-electron chi connectivity index (χ1n) is 10.3. The van der Waals surface area contributed by atoms with Gasteiger partial charge in [-0.2, -0.15) is 0 Å². The lowest BCUT2D eigenvalue weighted by atomic mass is 10.1. The highest BCUT2D eigenvalue weighted by Crippen LogP contribution is 2.27. The Bertz CT molecular complexity index is 902. The molecule has 1 atom stereocenters. The number of ketones is 1. The van der Waals surface area contributed by atoms with Crippen molar-refractivity contribution in [3.05, 3.63) is 47.3 Å². The molecule has 3 rings (SSSR count). The van der Waals surface area contributed by atoms with Crippen molar-refractivity contribution in [2.75, 3.05) is 6.61 Å². The summed E-state index contributed by atoms with van der Waals surface area (Å²) in [5.41, 5.74) is 10.7. The number of nitrogens with zero attached hydrogens (tertiary/aromatic N) is 2. The fourth-order valence-corrected chi connectivity index (χ4v) is 3.73. The highest BCUT2D eigenvalue weighted by Gasteiger charge is 2.20. The summed E-state index contributed by atoms with van der Waals surface area (Å²) in [7, 11) is 0. The van der Waals surface area contributed by atoms with Gasteiger partial charge in [-0.05, 0) is 62.5 Å². The lowest BCUT2D eigenvalue weighted by Crippen LogP contribution is -2.25. The summed E-state index contributed by atoms with van der Waals surface area (Å²) < 4.78 is 8.24. The third-order valence-electron chi connectivity index (χ3n) is 5.41. The highest BCUT2D eigenvalue weighted by atomic mass is 16.5. The summed E-state index contributed by atoms with van der Waals surface area (Å²) in [4.78, 5) is 17.0. The van der Waals surface area contributed by atoms with Crippen LogP contribution >= 0.6 is 0 Å². The predicted octanol–water partition coefficient (Wildman–Crippen LogP) is 4.39. The van der Waals surface area contributed by atoms with Gasteiger partial charge in [-0.25, -0.2) is 4.98 Å². The lowest BCUT2D eigenvalue weighted by Gasteiger charge is -2.24. The van der Waals surface area contributed by atoms with Crippen molar-refractivity contribution in [3.8, 4) is 0 Å². The van der Waals surface area contributed by atoms with E-state index in [0.717, 1.165) is 59.6 Å². The summed E-state index contributed by atoms with van der Waals surface area (Å²) in [5.74, 6) is 1.03.